The maximum atomic E-state index is 11.7. The van der Waals surface area contributed by atoms with Crippen LogP contribution in [-0.4, -0.2) is 42.5 Å². The number of Topliss-reactive ketones (excluding diaryl/α,β-unsaturated/α-hetero) is 1. The number of methoxy groups -OCH3 is 1. The van der Waals surface area contributed by atoms with Crippen LogP contribution in [0.15, 0.2) is 0 Å². The molecular formula is C12H21NO2. The van der Waals surface area contributed by atoms with E-state index in [0.717, 1.165) is 38.6 Å². The number of hydrogen-bond donors (Lipinski definition) is 0. The van der Waals surface area contributed by atoms with E-state index in [1.807, 2.05) is 0 Å². The molecule has 0 bridgehead atoms. The molecule has 1 aliphatic heterocycles. The summed E-state index contributed by atoms with van der Waals surface area (Å²) in [4.78, 5) is 14.1. The Morgan fingerprint density at radius 1 is 1.40 bits per heavy atom. The van der Waals surface area contributed by atoms with Gasteiger partial charge in [0, 0.05) is 26.1 Å². The molecule has 3 heteroatoms. The lowest BCUT2D eigenvalue weighted by molar-refractivity contribution is -0.124. The molecule has 1 heterocycles. The maximum absolute atomic E-state index is 11.7. The molecule has 1 aliphatic carbocycles. The average Bonchev–Trinajstić information content (AvgIpc) is 2.64. The molecule has 3 atom stereocenters. The van der Waals surface area contributed by atoms with Crippen LogP contribution in [-0.2, 0) is 9.53 Å². The Bertz CT molecular complexity index is 242. The van der Waals surface area contributed by atoms with Crippen LogP contribution in [0.5, 0.6) is 0 Å². The van der Waals surface area contributed by atoms with Crippen molar-refractivity contribution in [3.8, 4) is 0 Å². The topological polar surface area (TPSA) is 29.5 Å². The predicted molar refractivity (Wildman–Crippen MR) is 58.8 cm³/mol. The third kappa shape index (κ3) is 2.23. The highest BCUT2D eigenvalue weighted by Crippen LogP contribution is 2.27. The summed E-state index contributed by atoms with van der Waals surface area (Å²) >= 11 is 0. The Kier molecular flexibility index (Phi) is 3.42. The first-order valence-corrected chi connectivity index (χ1v) is 6.03. The molecular weight excluding hydrogens is 190 g/mol. The summed E-state index contributed by atoms with van der Waals surface area (Å²) in [6.45, 7) is 3.24. The fraction of sp³-hybridized carbons (Fsp3) is 0.917. The number of ether oxygens (including phenoxy) is 1. The molecule has 0 spiro atoms. The third-order valence-electron chi connectivity index (χ3n) is 3.89. The molecule has 0 aromatic heterocycles. The fourth-order valence-electron chi connectivity index (χ4n) is 2.97. The smallest absolute Gasteiger partial charge is 0.149 e. The molecule has 0 aromatic rings. The van der Waals surface area contributed by atoms with Gasteiger partial charge in [0.25, 0.3) is 0 Å². The molecule has 2 rings (SSSR count). The summed E-state index contributed by atoms with van der Waals surface area (Å²) in [5.74, 6) is 0.456. The Labute approximate surface area is 91.8 Å². The molecule has 1 saturated heterocycles. The molecule has 0 radical (unpaired) electrons. The monoisotopic (exact) mass is 211 g/mol. The molecule has 2 fully saturated rings. The molecule has 2 aliphatic rings. The summed E-state index contributed by atoms with van der Waals surface area (Å²) in [6, 6.07) is 0.716. The lowest BCUT2D eigenvalue weighted by Crippen LogP contribution is -2.50. The van der Waals surface area contributed by atoms with E-state index in [0.29, 0.717) is 17.9 Å². The van der Waals surface area contributed by atoms with Gasteiger partial charge in [-0.05, 0) is 32.6 Å². The Balaban J connectivity index is 1.96. The Morgan fingerprint density at radius 3 is 2.73 bits per heavy atom. The summed E-state index contributed by atoms with van der Waals surface area (Å²) in [5, 5.41) is 0. The van der Waals surface area contributed by atoms with E-state index in [2.05, 4.69) is 11.8 Å². The number of hydrogen-bond acceptors (Lipinski definition) is 3. The van der Waals surface area contributed by atoms with Crippen molar-refractivity contribution in [1.82, 2.24) is 4.90 Å². The zero-order chi connectivity index (χ0) is 10.8. The Morgan fingerprint density at radius 2 is 2.20 bits per heavy atom. The van der Waals surface area contributed by atoms with E-state index in [4.69, 9.17) is 4.74 Å². The van der Waals surface area contributed by atoms with E-state index < -0.39 is 0 Å². The summed E-state index contributed by atoms with van der Waals surface area (Å²) < 4.78 is 5.39. The molecule has 0 aromatic carbocycles. The van der Waals surface area contributed by atoms with Crippen LogP contribution in [0.3, 0.4) is 0 Å². The number of nitrogens with zero attached hydrogens (tertiary/aromatic N) is 1. The predicted octanol–water partition coefficient (Wildman–Crippen LogP) is 1.61. The highest BCUT2D eigenvalue weighted by Gasteiger charge is 2.36. The quantitative estimate of drug-likeness (QED) is 0.695. The van der Waals surface area contributed by atoms with E-state index in [1.54, 1.807) is 7.11 Å². The van der Waals surface area contributed by atoms with Crippen LogP contribution in [0.25, 0.3) is 0 Å². The minimum absolute atomic E-state index is 0.220. The van der Waals surface area contributed by atoms with E-state index in [-0.39, 0.29) is 6.04 Å². The summed E-state index contributed by atoms with van der Waals surface area (Å²) in [5.41, 5.74) is 0. The van der Waals surface area contributed by atoms with Crippen LogP contribution < -0.4 is 0 Å². The molecule has 15 heavy (non-hydrogen) atoms. The van der Waals surface area contributed by atoms with Gasteiger partial charge in [0.2, 0.25) is 0 Å². The minimum atomic E-state index is 0.220. The van der Waals surface area contributed by atoms with Crippen molar-refractivity contribution in [1.29, 1.82) is 0 Å². The minimum Gasteiger partial charge on any atom is -0.381 e. The fourth-order valence-corrected chi connectivity index (χ4v) is 2.97. The van der Waals surface area contributed by atoms with Crippen molar-refractivity contribution in [2.45, 2.75) is 57.2 Å². The zero-order valence-electron chi connectivity index (χ0n) is 9.74. The number of rotatable bonds is 2. The largest absolute Gasteiger partial charge is 0.381 e. The number of piperidine rings is 1. The molecule has 3 nitrogen and oxygen atoms in total. The van der Waals surface area contributed by atoms with Crippen molar-refractivity contribution < 1.29 is 9.53 Å². The zero-order valence-corrected chi connectivity index (χ0v) is 9.74. The van der Waals surface area contributed by atoms with Crippen molar-refractivity contribution >= 4 is 5.78 Å². The van der Waals surface area contributed by atoms with Crippen molar-refractivity contribution in [3.63, 3.8) is 0 Å². The van der Waals surface area contributed by atoms with Gasteiger partial charge in [-0.1, -0.05) is 0 Å². The molecule has 86 valence electrons. The number of likely N-dealkylation sites (tertiary alicyclic amines) is 1. The molecule has 0 N–H and O–H groups in total. The van der Waals surface area contributed by atoms with E-state index >= 15 is 0 Å². The van der Waals surface area contributed by atoms with Crippen LogP contribution >= 0.6 is 0 Å². The molecule has 3 unspecified atom stereocenters. The maximum Gasteiger partial charge on any atom is 0.149 e. The van der Waals surface area contributed by atoms with Crippen LogP contribution in [0, 0.1) is 0 Å². The van der Waals surface area contributed by atoms with Gasteiger partial charge in [0.15, 0.2) is 0 Å². The first-order valence-electron chi connectivity index (χ1n) is 6.03. The van der Waals surface area contributed by atoms with Gasteiger partial charge in [-0.15, -0.1) is 0 Å². The number of ketones is 1. The standard InChI is InChI=1S/C12H21NO2/c1-9-8-10(15-2)6-7-13(9)11-4-3-5-12(11)14/h9-11H,3-8H2,1-2H3. The first-order chi connectivity index (χ1) is 7.22. The second-order valence-electron chi connectivity index (χ2n) is 4.84. The van der Waals surface area contributed by atoms with Gasteiger partial charge in [-0.3, -0.25) is 9.69 Å². The second kappa shape index (κ2) is 4.62. The summed E-state index contributed by atoms with van der Waals surface area (Å²) in [6.07, 6.45) is 5.49. The van der Waals surface area contributed by atoms with Crippen molar-refractivity contribution in [2.75, 3.05) is 13.7 Å². The molecule has 0 amide bonds. The van der Waals surface area contributed by atoms with Gasteiger partial charge in [-0.25, -0.2) is 0 Å². The van der Waals surface area contributed by atoms with E-state index in [1.165, 1.54) is 0 Å². The van der Waals surface area contributed by atoms with Gasteiger partial charge in [0.05, 0.1) is 12.1 Å². The lowest BCUT2D eigenvalue weighted by Gasteiger charge is -2.40. The molecule has 1 saturated carbocycles. The highest BCUT2D eigenvalue weighted by molar-refractivity contribution is 5.85. The Hall–Kier alpha value is -0.410. The third-order valence-corrected chi connectivity index (χ3v) is 3.89. The van der Waals surface area contributed by atoms with Crippen molar-refractivity contribution in [2.24, 2.45) is 0 Å². The first kappa shape index (κ1) is 11.1. The average molecular weight is 211 g/mol. The number of carbonyl (C=O) groups is 1. The van der Waals surface area contributed by atoms with Crippen LogP contribution in [0.1, 0.15) is 39.0 Å². The lowest BCUT2D eigenvalue weighted by atomic mass is 9.97. The van der Waals surface area contributed by atoms with E-state index in [9.17, 15) is 4.79 Å². The van der Waals surface area contributed by atoms with Gasteiger partial charge < -0.3 is 4.74 Å². The number of carbonyl (C=O) groups excluding carboxylic acids is 1. The normalized spacial score (nSPS) is 38.5. The van der Waals surface area contributed by atoms with Crippen LogP contribution in [0.4, 0.5) is 0 Å². The van der Waals surface area contributed by atoms with Gasteiger partial charge in [0.1, 0.15) is 5.78 Å². The SMILES string of the molecule is COC1CCN(C2CCCC2=O)C(C)C1. The summed E-state index contributed by atoms with van der Waals surface area (Å²) in [7, 11) is 1.79. The van der Waals surface area contributed by atoms with Crippen LogP contribution in [0.2, 0.25) is 0 Å². The van der Waals surface area contributed by atoms with Gasteiger partial charge >= 0.3 is 0 Å². The van der Waals surface area contributed by atoms with Crippen molar-refractivity contribution in [3.05, 3.63) is 0 Å². The second-order valence-corrected chi connectivity index (χ2v) is 4.84. The highest BCUT2D eigenvalue weighted by atomic mass is 16.5. The van der Waals surface area contributed by atoms with Gasteiger partial charge in [-0.2, -0.15) is 0 Å².